The van der Waals surface area contributed by atoms with Crippen molar-refractivity contribution in [2.24, 2.45) is 11.7 Å². The van der Waals surface area contributed by atoms with E-state index in [1.165, 1.54) is 0 Å². The lowest BCUT2D eigenvalue weighted by atomic mass is 9.98. The number of rotatable bonds is 8. The van der Waals surface area contributed by atoms with E-state index in [1.54, 1.807) is 13.8 Å². The second-order valence-corrected chi connectivity index (χ2v) is 6.55. The minimum atomic E-state index is -0.836. The van der Waals surface area contributed by atoms with Crippen molar-refractivity contribution >= 4 is 17.7 Å². The molecular formula is C13H27NO2S. The highest BCUT2D eigenvalue weighted by Crippen LogP contribution is 2.21. The van der Waals surface area contributed by atoms with Crippen LogP contribution in [-0.2, 0) is 9.53 Å². The van der Waals surface area contributed by atoms with Gasteiger partial charge < -0.3 is 10.5 Å². The lowest BCUT2D eigenvalue weighted by Crippen LogP contribution is -2.46. The van der Waals surface area contributed by atoms with Crippen molar-refractivity contribution < 1.29 is 9.53 Å². The first-order valence-electron chi connectivity index (χ1n) is 6.39. The number of nitrogens with two attached hydrogens (primary N) is 1. The van der Waals surface area contributed by atoms with Crippen LogP contribution in [0.25, 0.3) is 0 Å². The molecule has 0 heterocycles. The Hall–Kier alpha value is -0.220. The molecule has 0 fully saturated rings. The third-order valence-electron chi connectivity index (χ3n) is 2.90. The van der Waals surface area contributed by atoms with E-state index in [-0.39, 0.29) is 5.97 Å². The van der Waals surface area contributed by atoms with Crippen LogP contribution in [-0.4, -0.2) is 29.1 Å². The summed E-state index contributed by atoms with van der Waals surface area (Å²) in [4.78, 5) is 11.5. The van der Waals surface area contributed by atoms with Crippen LogP contribution in [0.2, 0.25) is 0 Å². The summed E-state index contributed by atoms with van der Waals surface area (Å²) >= 11 is 1.94. The third-order valence-corrected chi connectivity index (χ3v) is 4.50. The van der Waals surface area contributed by atoms with Gasteiger partial charge in [-0.3, -0.25) is 4.79 Å². The number of esters is 1. The maximum absolute atomic E-state index is 11.5. The summed E-state index contributed by atoms with van der Waals surface area (Å²) in [6, 6.07) is 0. The molecule has 2 N–H and O–H groups in total. The summed E-state index contributed by atoms with van der Waals surface area (Å²) < 4.78 is 4.95. The maximum atomic E-state index is 11.5. The van der Waals surface area contributed by atoms with Crippen LogP contribution in [0.5, 0.6) is 0 Å². The molecule has 0 rings (SSSR count). The van der Waals surface area contributed by atoms with Gasteiger partial charge >= 0.3 is 5.97 Å². The largest absolute Gasteiger partial charge is 0.465 e. The zero-order valence-corrected chi connectivity index (χ0v) is 12.6. The smallest absolute Gasteiger partial charge is 0.325 e. The molecule has 0 saturated carbocycles. The molecule has 17 heavy (non-hydrogen) atoms. The molecule has 102 valence electrons. The molecule has 2 atom stereocenters. The van der Waals surface area contributed by atoms with Gasteiger partial charge in [-0.25, -0.2) is 0 Å². The molecule has 0 aromatic carbocycles. The van der Waals surface area contributed by atoms with E-state index >= 15 is 0 Å². The standard InChI is InChI=1S/C13H27NO2S/c1-6-16-12(15)13(5,14)8-7-9-17-11(4)10(2)3/h10-11H,6-9,14H2,1-5H3. The Morgan fingerprint density at radius 2 is 2.00 bits per heavy atom. The Bertz CT molecular complexity index is 229. The van der Waals surface area contributed by atoms with E-state index in [9.17, 15) is 4.79 Å². The zero-order valence-electron chi connectivity index (χ0n) is 11.8. The number of hydrogen-bond acceptors (Lipinski definition) is 4. The lowest BCUT2D eigenvalue weighted by molar-refractivity contribution is -0.149. The minimum absolute atomic E-state index is 0.290. The van der Waals surface area contributed by atoms with E-state index in [1.807, 2.05) is 11.8 Å². The normalized spacial score (nSPS) is 16.6. The third kappa shape index (κ3) is 6.94. The van der Waals surface area contributed by atoms with E-state index in [0.29, 0.717) is 24.2 Å². The molecule has 0 saturated heterocycles. The first-order chi connectivity index (χ1) is 7.81. The number of carbonyl (C=O) groups excluding carboxylic acids is 1. The van der Waals surface area contributed by atoms with Crippen LogP contribution in [0.1, 0.15) is 47.5 Å². The van der Waals surface area contributed by atoms with E-state index in [0.717, 1.165) is 12.2 Å². The molecule has 4 heteroatoms. The van der Waals surface area contributed by atoms with Crippen LogP contribution >= 0.6 is 11.8 Å². The first-order valence-corrected chi connectivity index (χ1v) is 7.43. The summed E-state index contributed by atoms with van der Waals surface area (Å²) in [5.74, 6) is 1.45. The molecule has 2 unspecified atom stereocenters. The van der Waals surface area contributed by atoms with Crippen LogP contribution in [0.4, 0.5) is 0 Å². The molecule has 0 spiro atoms. The van der Waals surface area contributed by atoms with Crippen molar-refractivity contribution in [1.82, 2.24) is 0 Å². The van der Waals surface area contributed by atoms with Crippen molar-refractivity contribution in [2.75, 3.05) is 12.4 Å². The van der Waals surface area contributed by atoms with Gasteiger partial charge in [0.25, 0.3) is 0 Å². The molecule has 0 aromatic rings. The number of hydrogen-bond donors (Lipinski definition) is 1. The van der Waals surface area contributed by atoms with Gasteiger partial charge in [-0.1, -0.05) is 20.8 Å². The SMILES string of the molecule is CCOC(=O)C(C)(N)CCCSC(C)C(C)C. The van der Waals surface area contributed by atoms with Crippen molar-refractivity contribution in [2.45, 2.75) is 58.2 Å². The summed E-state index contributed by atoms with van der Waals surface area (Å²) in [7, 11) is 0. The van der Waals surface area contributed by atoms with Crippen molar-refractivity contribution in [1.29, 1.82) is 0 Å². The van der Waals surface area contributed by atoms with Gasteiger partial charge in [0, 0.05) is 5.25 Å². The van der Waals surface area contributed by atoms with Crippen LogP contribution in [0, 0.1) is 5.92 Å². The van der Waals surface area contributed by atoms with Crippen LogP contribution in [0.3, 0.4) is 0 Å². The van der Waals surface area contributed by atoms with Crippen molar-refractivity contribution in [3.63, 3.8) is 0 Å². The Labute approximate surface area is 110 Å². The molecule has 0 bridgehead atoms. The van der Waals surface area contributed by atoms with Gasteiger partial charge in [-0.15, -0.1) is 0 Å². The molecule has 0 radical (unpaired) electrons. The summed E-state index contributed by atoms with van der Waals surface area (Å²) in [6.45, 7) is 10.6. The van der Waals surface area contributed by atoms with Gasteiger partial charge in [-0.05, 0) is 38.4 Å². The second kappa shape index (κ2) is 7.98. The fourth-order valence-electron chi connectivity index (χ4n) is 1.30. The molecular weight excluding hydrogens is 234 g/mol. The van der Waals surface area contributed by atoms with E-state index < -0.39 is 5.54 Å². The number of thioether (sulfide) groups is 1. The highest BCUT2D eigenvalue weighted by atomic mass is 32.2. The van der Waals surface area contributed by atoms with E-state index in [4.69, 9.17) is 10.5 Å². The average molecular weight is 261 g/mol. The van der Waals surface area contributed by atoms with Crippen LogP contribution < -0.4 is 5.73 Å². The molecule has 0 aliphatic heterocycles. The zero-order chi connectivity index (χ0) is 13.5. The fraction of sp³-hybridized carbons (Fsp3) is 0.923. The second-order valence-electron chi connectivity index (χ2n) is 5.06. The lowest BCUT2D eigenvalue weighted by Gasteiger charge is -2.22. The molecule has 0 aliphatic rings. The Kier molecular flexibility index (Phi) is 7.88. The molecule has 0 aliphatic carbocycles. The average Bonchev–Trinajstić information content (AvgIpc) is 2.24. The Balaban J connectivity index is 3.83. The topological polar surface area (TPSA) is 52.3 Å². The van der Waals surface area contributed by atoms with Crippen molar-refractivity contribution in [3.8, 4) is 0 Å². The Morgan fingerprint density at radius 3 is 2.47 bits per heavy atom. The summed E-state index contributed by atoms with van der Waals surface area (Å²) in [5.41, 5.74) is 5.10. The summed E-state index contributed by atoms with van der Waals surface area (Å²) in [6.07, 6.45) is 1.64. The van der Waals surface area contributed by atoms with Crippen molar-refractivity contribution in [3.05, 3.63) is 0 Å². The van der Waals surface area contributed by atoms with Gasteiger partial charge in [0.15, 0.2) is 0 Å². The minimum Gasteiger partial charge on any atom is -0.465 e. The quantitative estimate of drug-likeness (QED) is 0.539. The van der Waals surface area contributed by atoms with Crippen LogP contribution in [0.15, 0.2) is 0 Å². The number of ether oxygens (including phenoxy) is 1. The molecule has 0 aromatic heterocycles. The highest BCUT2D eigenvalue weighted by molar-refractivity contribution is 7.99. The molecule has 3 nitrogen and oxygen atoms in total. The predicted octanol–water partition coefficient (Wildman–Crippen LogP) is 2.82. The fourth-order valence-corrected chi connectivity index (χ4v) is 2.37. The molecule has 0 amide bonds. The highest BCUT2D eigenvalue weighted by Gasteiger charge is 2.29. The van der Waals surface area contributed by atoms with Gasteiger partial charge in [0.1, 0.15) is 5.54 Å². The van der Waals surface area contributed by atoms with Gasteiger partial charge in [-0.2, -0.15) is 11.8 Å². The predicted molar refractivity (Wildman–Crippen MR) is 75.2 cm³/mol. The number of carbonyl (C=O) groups is 1. The maximum Gasteiger partial charge on any atom is 0.325 e. The summed E-state index contributed by atoms with van der Waals surface area (Å²) in [5, 5.41) is 0.654. The monoisotopic (exact) mass is 261 g/mol. The van der Waals surface area contributed by atoms with Gasteiger partial charge in [0.2, 0.25) is 0 Å². The Morgan fingerprint density at radius 1 is 1.41 bits per heavy atom. The van der Waals surface area contributed by atoms with Gasteiger partial charge in [0.05, 0.1) is 6.61 Å². The first kappa shape index (κ1) is 16.8. The van der Waals surface area contributed by atoms with E-state index in [2.05, 4.69) is 20.8 Å².